The molecule has 0 N–H and O–H groups in total. The molecule has 1 aromatic rings. The summed E-state index contributed by atoms with van der Waals surface area (Å²) in [6.07, 6.45) is 8.81. The molecule has 0 spiro atoms. The van der Waals surface area contributed by atoms with E-state index in [-0.39, 0.29) is 0 Å². The van der Waals surface area contributed by atoms with Crippen LogP contribution in [0.2, 0.25) is 0 Å². The molecule has 82 valence electrons. The minimum atomic E-state index is 1.23. The van der Waals surface area contributed by atoms with E-state index in [0.717, 1.165) is 0 Å². The lowest BCUT2D eigenvalue weighted by Gasteiger charge is -2.00. The molecule has 0 nitrogen and oxygen atoms in total. The smallest absolute Gasteiger partial charge is 0.0279 e. The molecule has 0 heterocycles. The molecule has 15 heavy (non-hydrogen) atoms. The van der Waals surface area contributed by atoms with Crippen LogP contribution in [-0.4, -0.2) is 0 Å². The monoisotopic (exact) mass is 202 g/mol. The Kier molecular flexibility index (Phi) is 5.84. The van der Waals surface area contributed by atoms with Gasteiger partial charge in [-0.1, -0.05) is 48.4 Å². The SMILES string of the molecule is CC(C)=CCCCCCc1ccccc1. The molecule has 0 saturated carbocycles. The number of allylic oxidation sites excluding steroid dienone is 2. The highest BCUT2D eigenvalue weighted by Crippen LogP contribution is 2.08. The van der Waals surface area contributed by atoms with Crippen molar-refractivity contribution < 1.29 is 0 Å². The van der Waals surface area contributed by atoms with E-state index in [9.17, 15) is 0 Å². The lowest BCUT2D eigenvalue weighted by molar-refractivity contribution is 0.685. The van der Waals surface area contributed by atoms with E-state index in [4.69, 9.17) is 0 Å². The summed E-state index contributed by atoms with van der Waals surface area (Å²) in [5.41, 5.74) is 2.91. The van der Waals surface area contributed by atoms with Gasteiger partial charge in [0.1, 0.15) is 0 Å². The summed E-state index contributed by atoms with van der Waals surface area (Å²) in [7, 11) is 0. The standard InChI is InChI=1S/C15H22/c1-14(2)10-6-3-4-7-11-15-12-8-5-9-13-15/h5,8-10,12-13H,3-4,6-7,11H2,1-2H3. The van der Waals surface area contributed by atoms with E-state index in [1.807, 2.05) is 0 Å². The Hall–Kier alpha value is -1.04. The maximum absolute atomic E-state index is 2.34. The van der Waals surface area contributed by atoms with E-state index >= 15 is 0 Å². The maximum atomic E-state index is 2.34. The predicted octanol–water partition coefficient (Wildman–Crippen LogP) is 4.76. The molecule has 0 aliphatic heterocycles. The van der Waals surface area contributed by atoms with Crippen molar-refractivity contribution in [2.45, 2.75) is 46.0 Å². The first-order chi connectivity index (χ1) is 7.29. The number of rotatable bonds is 6. The fraction of sp³-hybridized carbons (Fsp3) is 0.467. The normalized spacial score (nSPS) is 10.0. The minimum absolute atomic E-state index is 1.23. The molecular formula is C15H22. The van der Waals surface area contributed by atoms with Crippen molar-refractivity contribution in [3.8, 4) is 0 Å². The molecule has 0 unspecified atom stereocenters. The second kappa shape index (κ2) is 7.28. The highest BCUT2D eigenvalue weighted by Gasteiger charge is 1.91. The largest absolute Gasteiger partial charge is 0.0859 e. The number of hydrogen-bond donors (Lipinski definition) is 0. The van der Waals surface area contributed by atoms with Gasteiger partial charge in [0.15, 0.2) is 0 Å². The molecule has 0 fully saturated rings. The zero-order valence-electron chi connectivity index (χ0n) is 10.00. The fourth-order valence-electron chi connectivity index (χ4n) is 1.69. The number of hydrogen-bond acceptors (Lipinski definition) is 0. The van der Waals surface area contributed by atoms with Crippen LogP contribution in [-0.2, 0) is 6.42 Å². The number of benzene rings is 1. The van der Waals surface area contributed by atoms with E-state index in [0.29, 0.717) is 0 Å². The first-order valence-electron chi connectivity index (χ1n) is 5.96. The highest BCUT2D eigenvalue weighted by atomic mass is 14.0. The molecule has 1 rings (SSSR count). The molecule has 0 atom stereocenters. The molecule has 0 saturated heterocycles. The van der Waals surface area contributed by atoms with Crippen LogP contribution >= 0.6 is 0 Å². The molecule has 1 aromatic carbocycles. The van der Waals surface area contributed by atoms with Gasteiger partial charge in [-0.15, -0.1) is 0 Å². The second-order valence-electron chi connectivity index (χ2n) is 4.37. The van der Waals surface area contributed by atoms with Gasteiger partial charge in [-0.2, -0.15) is 0 Å². The Labute approximate surface area is 94.0 Å². The third-order valence-electron chi connectivity index (χ3n) is 2.56. The van der Waals surface area contributed by atoms with Crippen LogP contribution in [0.25, 0.3) is 0 Å². The summed E-state index contributed by atoms with van der Waals surface area (Å²) in [4.78, 5) is 0. The third kappa shape index (κ3) is 6.11. The van der Waals surface area contributed by atoms with Gasteiger partial charge in [-0.05, 0) is 45.1 Å². The number of unbranched alkanes of at least 4 members (excludes halogenated alkanes) is 3. The van der Waals surface area contributed by atoms with Crippen molar-refractivity contribution in [2.75, 3.05) is 0 Å². The quantitative estimate of drug-likeness (QED) is 0.461. The molecule has 0 amide bonds. The number of aryl methyl sites for hydroxylation is 1. The van der Waals surface area contributed by atoms with E-state index in [1.165, 1.54) is 43.2 Å². The van der Waals surface area contributed by atoms with E-state index in [1.54, 1.807) is 0 Å². The molecular weight excluding hydrogens is 180 g/mol. The van der Waals surface area contributed by atoms with Crippen LogP contribution < -0.4 is 0 Å². The Bertz CT molecular complexity index is 278. The molecule has 0 radical (unpaired) electrons. The molecule has 0 aliphatic carbocycles. The first-order valence-corrected chi connectivity index (χ1v) is 5.96. The average molecular weight is 202 g/mol. The highest BCUT2D eigenvalue weighted by molar-refractivity contribution is 5.14. The summed E-state index contributed by atoms with van der Waals surface area (Å²) in [6, 6.07) is 10.8. The van der Waals surface area contributed by atoms with Gasteiger partial charge in [-0.25, -0.2) is 0 Å². The van der Waals surface area contributed by atoms with Gasteiger partial charge >= 0.3 is 0 Å². The second-order valence-corrected chi connectivity index (χ2v) is 4.37. The van der Waals surface area contributed by atoms with Gasteiger partial charge in [0.05, 0.1) is 0 Å². The topological polar surface area (TPSA) is 0 Å². The lowest BCUT2D eigenvalue weighted by Crippen LogP contribution is -1.84. The Morgan fingerprint density at radius 2 is 1.73 bits per heavy atom. The summed E-state index contributed by atoms with van der Waals surface area (Å²) in [5.74, 6) is 0. The third-order valence-corrected chi connectivity index (χ3v) is 2.56. The zero-order valence-corrected chi connectivity index (χ0v) is 10.00. The fourth-order valence-corrected chi connectivity index (χ4v) is 1.69. The van der Waals surface area contributed by atoms with Crippen molar-refractivity contribution in [3.63, 3.8) is 0 Å². The minimum Gasteiger partial charge on any atom is -0.0859 e. The Morgan fingerprint density at radius 1 is 1.00 bits per heavy atom. The van der Waals surface area contributed by atoms with Crippen molar-refractivity contribution in [2.24, 2.45) is 0 Å². The van der Waals surface area contributed by atoms with Crippen molar-refractivity contribution in [3.05, 3.63) is 47.5 Å². The van der Waals surface area contributed by atoms with Crippen LogP contribution in [0, 0.1) is 0 Å². The van der Waals surface area contributed by atoms with Gasteiger partial charge < -0.3 is 0 Å². The van der Waals surface area contributed by atoms with Gasteiger partial charge in [0, 0.05) is 0 Å². The van der Waals surface area contributed by atoms with Crippen molar-refractivity contribution in [1.29, 1.82) is 0 Å². The maximum Gasteiger partial charge on any atom is -0.0279 e. The van der Waals surface area contributed by atoms with E-state index < -0.39 is 0 Å². The van der Waals surface area contributed by atoms with Crippen molar-refractivity contribution in [1.82, 2.24) is 0 Å². The Morgan fingerprint density at radius 3 is 2.40 bits per heavy atom. The summed E-state index contributed by atoms with van der Waals surface area (Å²) in [6.45, 7) is 4.34. The van der Waals surface area contributed by atoms with Crippen LogP contribution in [0.15, 0.2) is 42.0 Å². The van der Waals surface area contributed by atoms with Crippen LogP contribution in [0.4, 0.5) is 0 Å². The van der Waals surface area contributed by atoms with Gasteiger partial charge in [-0.3, -0.25) is 0 Å². The summed E-state index contributed by atoms with van der Waals surface area (Å²) >= 11 is 0. The molecule has 0 heteroatoms. The van der Waals surface area contributed by atoms with Crippen LogP contribution in [0.5, 0.6) is 0 Å². The molecule has 0 bridgehead atoms. The zero-order chi connectivity index (χ0) is 10.9. The van der Waals surface area contributed by atoms with Crippen LogP contribution in [0.3, 0.4) is 0 Å². The lowest BCUT2D eigenvalue weighted by atomic mass is 10.1. The molecule has 0 aliphatic rings. The summed E-state index contributed by atoms with van der Waals surface area (Å²) < 4.78 is 0. The predicted molar refractivity (Wildman–Crippen MR) is 68.0 cm³/mol. The van der Waals surface area contributed by atoms with E-state index in [2.05, 4.69) is 50.3 Å². The van der Waals surface area contributed by atoms with Gasteiger partial charge in [0.2, 0.25) is 0 Å². The van der Waals surface area contributed by atoms with Crippen LogP contribution in [0.1, 0.15) is 45.1 Å². The van der Waals surface area contributed by atoms with Gasteiger partial charge in [0.25, 0.3) is 0 Å². The first kappa shape index (κ1) is 12.0. The molecule has 0 aromatic heterocycles. The van der Waals surface area contributed by atoms with Crippen molar-refractivity contribution >= 4 is 0 Å². The Balaban J connectivity index is 2.05. The average Bonchev–Trinajstić information content (AvgIpc) is 2.24. The summed E-state index contributed by atoms with van der Waals surface area (Å²) in [5, 5.41) is 0.